The third-order valence-electron chi connectivity index (χ3n) is 3.63. The van der Waals surface area contributed by atoms with Crippen LogP contribution < -0.4 is 4.74 Å². The molecule has 2 aliphatic rings. The Kier molecular flexibility index (Phi) is 5.03. The van der Waals surface area contributed by atoms with Gasteiger partial charge >= 0.3 is 5.71 Å². The molecule has 1 aliphatic carbocycles. The minimum Gasteiger partial charge on any atom is -0.455 e. The van der Waals surface area contributed by atoms with Gasteiger partial charge in [-0.2, -0.15) is 4.79 Å². The molecule has 0 N–H and O–H groups in total. The van der Waals surface area contributed by atoms with E-state index >= 15 is 0 Å². The summed E-state index contributed by atoms with van der Waals surface area (Å²) < 4.78 is 11.3. The monoisotopic (exact) mass is 351 g/mol. The van der Waals surface area contributed by atoms with Crippen molar-refractivity contribution in [2.75, 3.05) is 26.3 Å². The summed E-state index contributed by atoms with van der Waals surface area (Å²) >= 11 is 12.1. The van der Waals surface area contributed by atoms with Gasteiger partial charge in [0.15, 0.2) is 11.1 Å². The van der Waals surface area contributed by atoms with Gasteiger partial charge in [-0.1, -0.05) is 11.6 Å². The van der Waals surface area contributed by atoms with Gasteiger partial charge in [-0.25, -0.2) is 0 Å². The molecule has 0 radical (unpaired) electrons. The molecule has 0 spiro atoms. The van der Waals surface area contributed by atoms with Crippen LogP contribution in [0.15, 0.2) is 47.9 Å². The van der Waals surface area contributed by atoms with Gasteiger partial charge in [-0.15, -0.1) is 11.6 Å². The summed E-state index contributed by atoms with van der Waals surface area (Å²) in [6.45, 7) is 2.81. The summed E-state index contributed by atoms with van der Waals surface area (Å²) in [5.41, 5.74) is 10.3. The van der Waals surface area contributed by atoms with Gasteiger partial charge in [-0.3, -0.25) is 0 Å². The quantitative estimate of drug-likeness (QED) is 0.477. The van der Waals surface area contributed by atoms with E-state index in [4.69, 9.17) is 38.2 Å². The second-order valence-electron chi connectivity index (χ2n) is 5.14. The number of hydrogen-bond acceptors (Lipinski definition) is 3. The summed E-state index contributed by atoms with van der Waals surface area (Å²) in [4.78, 5) is 5.38. The maximum atomic E-state index is 9.10. The predicted molar refractivity (Wildman–Crippen MR) is 88.9 cm³/mol. The Hall–Kier alpha value is -1.78. The average molecular weight is 352 g/mol. The van der Waals surface area contributed by atoms with Crippen molar-refractivity contribution in [1.29, 1.82) is 0 Å². The van der Waals surface area contributed by atoms with Crippen LogP contribution >= 0.6 is 23.2 Å². The molecule has 1 aliphatic heterocycles. The Bertz CT molecular complexity index is 688. The molecule has 3 rings (SSSR count). The van der Waals surface area contributed by atoms with Crippen LogP contribution in [0, 0.1) is 0 Å². The molecule has 1 heterocycles. The smallest absolute Gasteiger partial charge is 0.317 e. The number of ether oxygens (including phenoxy) is 2. The largest absolute Gasteiger partial charge is 0.455 e. The molecule has 1 aromatic carbocycles. The summed E-state index contributed by atoms with van der Waals surface area (Å²) in [6.07, 6.45) is 3.48. The van der Waals surface area contributed by atoms with Gasteiger partial charge in [0.25, 0.3) is 0 Å². The van der Waals surface area contributed by atoms with E-state index in [9.17, 15) is 0 Å². The van der Waals surface area contributed by atoms with Crippen molar-refractivity contribution in [3.05, 3.63) is 58.4 Å². The maximum Gasteiger partial charge on any atom is 0.317 e. The van der Waals surface area contributed by atoms with Crippen LogP contribution in [0.5, 0.6) is 5.75 Å². The number of rotatable bonds is 3. The highest BCUT2D eigenvalue weighted by Gasteiger charge is 2.30. The minimum atomic E-state index is -0.504. The average Bonchev–Trinajstić information content (AvgIpc) is 2.59. The maximum absolute atomic E-state index is 9.10. The van der Waals surface area contributed by atoms with Crippen LogP contribution in [-0.4, -0.2) is 47.1 Å². The van der Waals surface area contributed by atoms with Gasteiger partial charge in [0, 0.05) is 18.1 Å². The highest BCUT2D eigenvalue weighted by molar-refractivity contribution is 6.35. The van der Waals surface area contributed by atoms with Crippen LogP contribution in [0.3, 0.4) is 0 Å². The van der Waals surface area contributed by atoms with E-state index in [1.165, 1.54) is 0 Å². The molecular weight excluding hydrogens is 337 g/mol. The molecule has 0 aromatic heterocycles. The standard InChI is InChI=1S/C16H15Cl2N3O2/c17-11-1-3-12(4-2-11)23-16-10-14(20-19)13(18)9-15(16)21-5-7-22-8-6-21/h1-4,9-10,13H,5-8H2. The Morgan fingerprint density at radius 1 is 1.22 bits per heavy atom. The summed E-state index contributed by atoms with van der Waals surface area (Å²) in [5.74, 6) is 1.23. The van der Waals surface area contributed by atoms with E-state index in [1.807, 2.05) is 6.08 Å². The predicted octanol–water partition coefficient (Wildman–Crippen LogP) is 3.11. The number of hydrogen-bond donors (Lipinski definition) is 0. The van der Waals surface area contributed by atoms with Crippen LogP contribution in [0.1, 0.15) is 0 Å². The first kappa shape index (κ1) is 16.1. The van der Waals surface area contributed by atoms with Crippen molar-refractivity contribution in [3.8, 4) is 5.75 Å². The first-order valence-corrected chi connectivity index (χ1v) is 8.05. The number of morpholine rings is 1. The van der Waals surface area contributed by atoms with Crippen LogP contribution in [0.4, 0.5) is 0 Å². The molecular formula is C16H15Cl2N3O2. The van der Waals surface area contributed by atoms with Gasteiger partial charge in [-0.05, 0) is 30.3 Å². The third kappa shape index (κ3) is 3.77. The highest BCUT2D eigenvalue weighted by Crippen LogP contribution is 2.27. The Morgan fingerprint density at radius 3 is 2.57 bits per heavy atom. The third-order valence-corrected chi connectivity index (χ3v) is 4.23. The lowest BCUT2D eigenvalue weighted by atomic mass is 10.1. The molecule has 7 heteroatoms. The first-order valence-electron chi connectivity index (χ1n) is 7.23. The lowest BCUT2D eigenvalue weighted by molar-refractivity contribution is -0.00560. The zero-order chi connectivity index (χ0) is 16.2. The Balaban J connectivity index is 1.89. The molecule has 0 amide bonds. The fourth-order valence-corrected chi connectivity index (χ4v) is 2.81. The van der Waals surface area contributed by atoms with Crippen molar-refractivity contribution in [2.24, 2.45) is 0 Å². The molecule has 0 bridgehead atoms. The van der Waals surface area contributed by atoms with E-state index in [2.05, 4.69) is 9.69 Å². The van der Waals surface area contributed by atoms with Crippen LogP contribution in [0.2, 0.25) is 5.02 Å². The zero-order valence-corrected chi connectivity index (χ0v) is 13.8. The highest BCUT2D eigenvalue weighted by atomic mass is 35.5. The van der Waals surface area contributed by atoms with Crippen molar-refractivity contribution >= 4 is 28.9 Å². The first-order chi connectivity index (χ1) is 11.2. The van der Waals surface area contributed by atoms with E-state index in [1.54, 1.807) is 30.3 Å². The molecule has 5 nitrogen and oxygen atoms in total. The molecule has 1 atom stereocenters. The number of allylic oxidation sites excluding steroid dienone is 2. The Labute approximate surface area is 144 Å². The minimum absolute atomic E-state index is 0.340. The summed E-state index contributed by atoms with van der Waals surface area (Å²) in [5, 5.41) is 0.132. The molecule has 1 aromatic rings. The van der Waals surface area contributed by atoms with Crippen LogP contribution in [0.25, 0.3) is 5.53 Å². The van der Waals surface area contributed by atoms with E-state index < -0.39 is 5.38 Å². The lowest BCUT2D eigenvalue weighted by Crippen LogP contribution is -2.38. The molecule has 1 saturated heterocycles. The molecule has 23 heavy (non-hydrogen) atoms. The molecule has 120 valence electrons. The van der Waals surface area contributed by atoms with Crippen molar-refractivity contribution in [3.63, 3.8) is 0 Å². The van der Waals surface area contributed by atoms with Gasteiger partial charge < -0.3 is 19.9 Å². The second kappa shape index (κ2) is 7.20. The van der Waals surface area contributed by atoms with Gasteiger partial charge in [0.05, 0.1) is 25.0 Å². The molecule has 0 saturated carbocycles. The lowest BCUT2D eigenvalue weighted by Gasteiger charge is -2.33. The zero-order valence-electron chi connectivity index (χ0n) is 12.3. The van der Waals surface area contributed by atoms with E-state index in [0.717, 1.165) is 18.8 Å². The van der Waals surface area contributed by atoms with Crippen molar-refractivity contribution in [1.82, 2.24) is 4.90 Å². The van der Waals surface area contributed by atoms with Crippen molar-refractivity contribution < 1.29 is 14.3 Å². The van der Waals surface area contributed by atoms with Gasteiger partial charge in [0.2, 0.25) is 0 Å². The normalized spacial score (nSPS) is 21.4. The number of alkyl halides is 1. The second-order valence-corrected chi connectivity index (χ2v) is 6.05. The fourth-order valence-electron chi connectivity index (χ4n) is 2.45. The topological polar surface area (TPSA) is 58.1 Å². The van der Waals surface area contributed by atoms with Gasteiger partial charge in [0.1, 0.15) is 5.75 Å². The SMILES string of the molecule is [N-]=[N+]=C1C=C(Oc2ccc(Cl)cc2)C(N2CCOCC2)=CC1Cl. The summed E-state index contributed by atoms with van der Waals surface area (Å²) in [6, 6.07) is 7.07. The van der Waals surface area contributed by atoms with Crippen molar-refractivity contribution in [2.45, 2.75) is 5.38 Å². The molecule has 1 unspecified atom stereocenters. The van der Waals surface area contributed by atoms with E-state index in [-0.39, 0.29) is 0 Å². The van der Waals surface area contributed by atoms with Crippen LogP contribution in [-0.2, 0) is 4.74 Å². The molecule has 1 fully saturated rings. The fraction of sp³-hybridized carbons (Fsp3) is 0.312. The van der Waals surface area contributed by atoms with E-state index in [0.29, 0.717) is 35.5 Å². The number of benzene rings is 1. The summed E-state index contributed by atoms with van der Waals surface area (Å²) in [7, 11) is 0. The Morgan fingerprint density at radius 2 is 1.91 bits per heavy atom. The number of halogens is 2. The number of nitrogens with zero attached hydrogens (tertiary/aromatic N) is 3.